The number of aryl methyl sites for hydroxylation is 4. The zero-order valence-corrected chi connectivity index (χ0v) is 33.2. The van der Waals surface area contributed by atoms with Crippen molar-refractivity contribution >= 4 is 23.4 Å². The van der Waals surface area contributed by atoms with E-state index in [9.17, 15) is 5.26 Å². The highest BCUT2D eigenvalue weighted by Crippen LogP contribution is 2.31. The summed E-state index contributed by atoms with van der Waals surface area (Å²) >= 11 is 0. The second kappa shape index (κ2) is 24.1. The van der Waals surface area contributed by atoms with Gasteiger partial charge in [-0.05, 0) is 110 Å². The minimum atomic E-state index is 0.543. The van der Waals surface area contributed by atoms with Gasteiger partial charge in [0, 0.05) is 5.56 Å². The van der Waals surface area contributed by atoms with Crippen molar-refractivity contribution in [2.45, 2.75) is 144 Å². The number of hydrogen-bond acceptors (Lipinski definition) is 3. The fourth-order valence-electron chi connectivity index (χ4n) is 6.53. The largest absolute Gasteiger partial charge is 0.493 e. The highest BCUT2D eigenvalue weighted by Gasteiger charge is 2.11. The van der Waals surface area contributed by atoms with Gasteiger partial charge in [-0.3, -0.25) is 0 Å². The number of nitrogens with zero attached hydrogens (tertiary/aromatic N) is 2. The summed E-state index contributed by atoms with van der Waals surface area (Å²) in [5.74, 6) is 1.71. The lowest BCUT2D eigenvalue weighted by Crippen LogP contribution is -2.00. The van der Waals surface area contributed by atoms with E-state index in [4.69, 9.17) is 16.0 Å². The van der Waals surface area contributed by atoms with E-state index >= 15 is 0 Å². The van der Waals surface area contributed by atoms with Crippen molar-refractivity contribution < 1.29 is 9.47 Å². The summed E-state index contributed by atoms with van der Waals surface area (Å²) in [4.78, 5) is 3.91. The van der Waals surface area contributed by atoms with Crippen LogP contribution in [0.15, 0.2) is 48.5 Å². The van der Waals surface area contributed by atoms with Gasteiger partial charge in [0.25, 0.3) is 0 Å². The Labute approximate surface area is 316 Å². The van der Waals surface area contributed by atoms with Crippen LogP contribution in [-0.4, -0.2) is 13.2 Å². The molecule has 3 rings (SSSR count). The molecule has 0 N–H and O–H groups in total. The van der Waals surface area contributed by atoms with Crippen molar-refractivity contribution in [2.75, 3.05) is 13.2 Å². The summed E-state index contributed by atoms with van der Waals surface area (Å²) in [6.45, 7) is 22.3. The number of allylic oxidation sites excluding steroid dienone is 1. The van der Waals surface area contributed by atoms with Crippen LogP contribution in [0.5, 0.6) is 11.5 Å². The van der Waals surface area contributed by atoms with E-state index in [-0.39, 0.29) is 0 Å². The maximum absolute atomic E-state index is 10.2. The van der Waals surface area contributed by atoms with Gasteiger partial charge < -0.3 is 9.47 Å². The lowest BCUT2D eigenvalue weighted by atomic mass is 9.98. The molecule has 0 bridgehead atoms. The van der Waals surface area contributed by atoms with Crippen LogP contribution >= 0.6 is 0 Å². The molecule has 0 heterocycles. The maximum atomic E-state index is 10.2. The van der Waals surface area contributed by atoms with Crippen LogP contribution in [-0.2, 0) is 0 Å². The average Bonchev–Trinajstić information content (AvgIpc) is 3.14. The Kier molecular flexibility index (Phi) is 19.5. The van der Waals surface area contributed by atoms with Crippen LogP contribution in [0.25, 0.3) is 28.3 Å². The van der Waals surface area contributed by atoms with E-state index in [0.717, 1.165) is 57.7 Å². The molecular formula is C48H64N2O2. The Balaban J connectivity index is 1.68. The van der Waals surface area contributed by atoms with Crippen molar-refractivity contribution in [1.29, 1.82) is 5.26 Å². The highest BCUT2D eigenvalue weighted by atomic mass is 16.5. The first-order chi connectivity index (χ1) is 25.3. The molecule has 3 aromatic carbocycles. The van der Waals surface area contributed by atoms with Crippen molar-refractivity contribution in [1.82, 2.24) is 0 Å². The normalized spacial score (nSPS) is 11.7. The fourth-order valence-corrected chi connectivity index (χ4v) is 6.53. The molecule has 4 heteroatoms. The maximum Gasteiger partial charge on any atom is 0.195 e. The third-order valence-corrected chi connectivity index (χ3v) is 10.0. The second-order valence-corrected chi connectivity index (χ2v) is 14.5. The first-order valence-electron chi connectivity index (χ1n) is 20.1. The van der Waals surface area contributed by atoms with E-state index in [2.05, 4.69) is 76.7 Å². The second-order valence-electron chi connectivity index (χ2n) is 14.5. The minimum Gasteiger partial charge on any atom is -0.493 e. The number of ether oxygens (including phenoxy) is 2. The molecule has 0 aromatic heterocycles. The molecule has 0 aliphatic carbocycles. The van der Waals surface area contributed by atoms with Crippen LogP contribution in [0.3, 0.4) is 0 Å². The third kappa shape index (κ3) is 14.4. The molecule has 52 heavy (non-hydrogen) atoms. The summed E-state index contributed by atoms with van der Waals surface area (Å²) in [5.41, 5.74) is 9.21. The van der Waals surface area contributed by atoms with Crippen LogP contribution in [0.1, 0.15) is 161 Å². The fraction of sp³-hybridized carbons (Fsp3) is 0.500. The summed E-state index contributed by atoms with van der Waals surface area (Å²) in [5, 5.41) is 10.2. The molecule has 0 spiro atoms. The predicted molar refractivity (Wildman–Crippen MR) is 222 cm³/mol. The molecule has 4 nitrogen and oxygen atoms in total. The van der Waals surface area contributed by atoms with E-state index in [0.29, 0.717) is 24.5 Å². The summed E-state index contributed by atoms with van der Waals surface area (Å²) in [6, 6.07) is 18.6. The van der Waals surface area contributed by atoms with Gasteiger partial charge in [0.05, 0.1) is 31.4 Å². The molecule has 0 aliphatic rings. The molecular weight excluding hydrogens is 637 g/mol. The van der Waals surface area contributed by atoms with Gasteiger partial charge >= 0.3 is 0 Å². The number of rotatable bonds is 24. The minimum absolute atomic E-state index is 0.543. The van der Waals surface area contributed by atoms with Gasteiger partial charge in [-0.2, -0.15) is 5.26 Å². The highest BCUT2D eigenvalue weighted by molar-refractivity contribution is 5.92. The topological polar surface area (TPSA) is 46.6 Å². The summed E-state index contributed by atoms with van der Waals surface area (Å²) in [6.07, 6.45) is 24.1. The quantitative estimate of drug-likeness (QED) is 0.0404. The molecule has 0 atom stereocenters. The van der Waals surface area contributed by atoms with Gasteiger partial charge in [-0.15, -0.1) is 0 Å². The molecule has 3 aromatic rings. The summed E-state index contributed by atoms with van der Waals surface area (Å²) < 4.78 is 12.5. The van der Waals surface area contributed by atoms with Crippen molar-refractivity contribution in [3.05, 3.63) is 104 Å². The Morgan fingerprint density at radius 1 is 0.577 bits per heavy atom. The molecule has 278 valence electrons. The Bertz CT molecular complexity index is 1670. The number of nitriles is 1. The van der Waals surface area contributed by atoms with E-state index in [1.165, 1.54) is 101 Å². The van der Waals surface area contributed by atoms with Gasteiger partial charge in [0.2, 0.25) is 0 Å². The molecule has 0 saturated heterocycles. The lowest BCUT2D eigenvalue weighted by molar-refractivity contribution is 0.302. The number of hydrogen-bond donors (Lipinski definition) is 0. The first kappa shape index (κ1) is 42.1. The molecule has 0 radical (unpaired) electrons. The first-order valence-corrected chi connectivity index (χ1v) is 20.1. The van der Waals surface area contributed by atoms with Crippen molar-refractivity contribution in [2.24, 2.45) is 0 Å². The van der Waals surface area contributed by atoms with E-state index < -0.39 is 0 Å². The zero-order valence-electron chi connectivity index (χ0n) is 33.2. The van der Waals surface area contributed by atoms with Gasteiger partial charge in [0.15, 0.2) is 5.70 Å². The molecule has 0 amide bonds. The van der Waals surface area contributed by atoms with Gasteiger partial charge in [-0.1, -0.05) is 134 Å². The zero-order chi connectivity index (χ0) is 37.6. The smallest absolute Gasteiger partial charge is 0.195 e. The summed E-state index contributed by atoms with van der Waals surface area (Å²) in [7, 11) is 0. The van der Waals surface area contributed by atoms with Crippen molar-refractivity contribution in [3.8, 4) is 17.6 Å². The van der Waals surface area contributed by atoms with Crippen LogP contribution in [0.4, 0.5) is 0 Å². The lowest BCUT2D eigenvalue weighted by Gasteiger charge is -2.13. The number of benzene rings is 3. The average molecular weight is 701 g/mol. The number of unbranched alkanes of at least 4 members (excludes halogenated alkanes) is 14. The van der Waals surface area contributed by atoms with Gasteiger partial charge in [-0.25, -0.2) is 4.85 Å². The standard InChI is InChI=1S/C48H64N2O2/c1-8-10-12-14-16-18-20-22-28-51-47-35-43(39(5)30-40(47)6)33-45(36-49)41-24-26-42(27-25-41)46(50-7)34-44-31-37(3)38(4)32-48(44)52-29-23-21-19-17-15-13-11-9-2/h24-27,30-35H,8-23,28-29H2,1-6H3/b45-33+,46-34-. The molecule has 0 saturated carbocycles. The van der Waals surface area contributed by atoms with E-state index in [1.54, 1.807) is 0 Å². The molecule has 0 fully saturated rings. The van der Waals surface area contributed by atoms with Crippen molar-refractivity contribution in [3.63, 3.8) is 0 Å². The Hall–Kier alpha value is -4.28. The SMILES string of the molecule is [C-]#[N+]/C(=C\c1cc(C)c(C)cc1OCCCCCCCCCC)c1ccc(/C(C#N)=C/c2cc(OCCCCCCCCCC)c(C)cc2C)cc1. The molecule has 0 unspecified atom stereocenters. The third-order valence-electron chi connectivity index (χ3n) is 10.0. The monoisotopic (exact) mass is 700 g/mol. The Morgan fingerprint density at radius 3 is 1.62 bits per heavy atom. The van der Waals surface area contributed by atoms with Gasteiger partial charge in [0.1, 0.15) is 11.5 Å². The predicted octanol–water partition coefficient (Wildman–Crippen LogP) is 14.4. The molecule has 0 aliphatic heterocycles. The van der Waals surface area contributed by atoms with Crippen LogP contribution in [0.2, 0.25) is 0 Å². The van der Waals surface area contributed by atoms with Crippen LogP contribution in [0, 0.1) is 45.6 Å². The van der Waals surface area contributed by atoms with Crippen LogP contribution < -0.4 is 9.47 Å². The van der Waals surface area contributed by atoms with E-state index in [1.807, 2.05) is 36.4 Å². The Morgan fingerprint density at radius 2 is 1.08 bits per heavy atom.